The van der Waals surface area contributed by atoms with Gasteiger partial charge in [0.15, 0.2) is 0 Å². The zero-order valence-corrected chi connectivity index (χ0v) is 18.1. The van der Waals surface area contributed by atoms with Gasteiger partial charge in [0.2, 0.25) is 5.91 Å². The number of hydrogen-bond acceptors (Lipinski definition) is 4. The Morgan fingerprint density at radius 3 is 2.28 bits per heavy atom. The van der Waals surface area contributed by atoms with Crippen LogP contribution in [0.1, 0.15) is 42.7 Å². The van der Waals surface area contributed by atoms with Crippen LogP contribution in [0.2, 0.25) is 0 Å². The summed E-state index contributed by atoms with van der Waals surface area (Å²) in [6, 6.07) is 16.4. The minimum absolute atomic E-state index is 0.0203. The number of carbonyl (C=O) groups is 3. The third-order valence-corrected chi connectivity index (χ3v) is 6.47. The fourth-order valence-electron chi connectivity index (χ4n) is 4.89. The molecular formula is C25H28N2O5. The summed E-state index contributed by atoms with van der Waals surface area (Å²) in [6.07, 6.45) is 2.15. The van der Waals surface area contributed by atoms with Crippen LogP contribution in [0.15, 0.2) is 48.5 Å². The second-order valence-corrected chi connectivity index (χ2v) is 8.69. The average Bonchev–Trinajstić information content (AvgIpc) is 3.33. The molecule has 2 aromatic carbocycles. The van der Waals surface area contributed by atoms with Gasteiger partial charge in [-0.1, -0.05) is 48.5 Å². The van der Waals surface area contributed by atoms with Gasteiger partial charge in [0, 0.05) is 25.4 Å². The van der Waals surface area contributed by atoms with Crippen molar-refractivity contribution in [2.75, 3.05) is 20.2 Å². The van der Waals surface area contributed by atoms with E-state index in [1.165, 1.54) is 34.2 Å². The monoisotopic (exact) mass is 436 g/mol. The largest absolute Gasteiger partial charge is 0.480 e. The molecule has 2 aliphatic carbocycles. The number of hydrogen-bond donors (Lipinski definition) is 2. The molecule has 4 rings (SSSR count). The summed E-state index contributed by atoms with van der Waals surface area (Å²) < 4.78 is 5.61. The summed E-state index contributed by atoms with van der Waals surface area (Å²) in [5.41, 5.74) is 4.72. The molecule has 7 nitrogen and oxygen atoms in total. The molecule has 2 amide bonds. The molecule has 0 bridgehead atoms. The molecular weight excluding hydrogens is 408 g/mol. The fourth-order valence-corrected chi connectivity index (χ4v) is 4.89. The number of benzene rings is 2. The predicted octanol–water partition coefficient (Wildman–Crippen LogP) is 3.63. The van der Waals surface area contributed by atoms with Gasteiger partial charge in [-0.25, -0.2) is 4.79 Å². The van der Waals surface area contributed by atoms with E-state index in [0.29, 0.717) is 12.8 Å². The second-order valence-electron chi connectivity index (χ2n) is 8.69. The normalized spacial score (nSPS) is 19.2. The number of carbonyl (C=O) groups excluding carboxylic acids is 2. The lowest BCUT2D eigenvalue weighted by molar-refractivity contribution is -0.143. The summed E-state index contributed by atoms with van der Waals surface area (Å²) in [7, 11) is 1.50. The highest BCUT2D eigenvalue weighted by Gasteiger charge is 2.31. The Balaban J connectivity index is 1.27. The maximum Gasteiger partial charge on any atom is 0.407 e. The number of nitrogens with zero attached hydrogens (tertiary/aromatic N) is 1. The summed E-state index contributed by atoms with van der Waals surface area (Å²) in [4.78, 5) is 36.6. The molecule has 2 N–H and O–H groups in total. The number of rotatable bonds is 7. The van der Waals surface area contributed by atoms with E-state index in [1.54, 1.807) is 0 Å². The molecule has 1 saturated carbocycles. The highest BCUT2D eigenvalue weighted by molar-refractivity contribution is 5.81. The SMILES string of the molecule is CN(CC(=O)O)C(=O)C[C@@H]1CC[C@H](NC(=O)OCC2c3ccccc3-c3ccccc32)C1. The van der Waals surface area contributed by atoms with Crippen LogP contribution in [-0.4, -0.2) is 54.2 Å². The number of aliphatic carboxylic acids is 1. The molecule has 168 valence electrons. The van der Waals surface area contributed by atoms with Gasteiger partial charge in [-0.3, -0.25) is 9.59 Å². The van der Waals surface area contributed by atoms with E-state index in [-0.39, 0.29) is 36.9 Å². The molecule has 0 aliphatic heterocycles. The number of likely N-dealkylation sites (N-methyl/N-ethyl adjacent to an activating group) is 1. The lowest BCUT2D eigenvalue weighted by Gasteiger charge is -2.18. The van der Waals surface area contributed by atoms with Gasteiger partial charge >= 0.3 is 12.1 Å². The lowest BCUT2D eigenvalue weighted by Crippen LogP contribution is -2.35. The zero-order valence-electron chi connectivity index (χ0n) is 18.1. The van der Waals surface area contributed by atoms with E-state index in [2.05, 4.69) is 29.6 Å². The van der Waals surface area contributed by atoms with E-state index < -0.39 is 12.1 Å². The Hall–Kier alpha value is -3.35. The number of fused-ring (bicyclic) bond motifs is 3. The molecule has 0 spiro atoms. The number of carboxylic acid groups (broad SMARTS) is 1. The highest BCUT2D eigenvalue weighted by Crippen LogP contribution is 2.44. The predicted molar refractivity (Wildman–Crippen MR) is 119 cm³/mol. The number of nitrogens with one attached hydrogen (secondary N) is 1. The van der Waals surface area contributed by atoms with Gasteiger partial charge in [-0.2, -0.15) is 0 Å². The fraction of sp³-hybridized carbons (Fsp3) is 0.400. The highest BCUT2D eigenvalue weighted by atomic mass is 16.5. The van der Waals surface area contributed by atoms with Crippen molar-refractivity contribution in [2.45, 2.75) is 37.6 Å². The quantitative estimate of drug-likeness (QED) is 0.691. The maximum absolute atomic E-state index is 12.5. The Bertz CT molecular complexity index is 975. The van der Waals surface area contributed by atoms with E-state index in [4.69, 9.17) is 9.84 Å². The minimum Gasteiger partial charge on any atom is -0.480 e. The standard InChI is InChI=1S/C25H28N2O5/c1-27(14-24(29)30)23(28)13-16-10-11-17(12-16)26-25(31)32-15-22-20-8-4-2-6-18(20)19-7-3-5-9-21(19)22/h2-9,16-17,22H,10-15H2,1H3,(H,26,31)(H,29,30)/t16-,17+/m1/s1. The van der Waals surface area contributed by atoms with Crippen LogP contribution in [0, 0.1) is 5.92 Å². The number of alkyl carbamates (subject to hydrolysis) is 1. The lowest BCUT2D eigenvalue weighted by atomic mass is 9.98. The van der Waals surface area contributed by atoms with Crippen molar-refractivity contribution in [1.29, 1.82) is 0 Å². The van der Waals surface area contributed by atoms with Gasteiger partial charge < -0.3 is 20.1 Å². The van der Waals surface area contributed by atoms with Crippen LogP contribution in [0.25, 0.3) is 11.1 Å². The Labute approximate surface area is 187 Å². The van der Waals surface area contributed by atoms with Crippen LogP contribution in [0.3, 0.4) is 0 Å². The van der Waals surface area contributed by atoms with E-state index in [1.807, 2.05) is 24.3 Å². The van der Waals surface area contributed by atoms with Crippen molar-refractivity contribution in [3.05, 3.63) is 59.7 Å². The molecule has 2 aliphatic rings. The minimum atomic E-state index is -1.03. The topological polar surface area (TPSA) is 95.9 Å². The first-order valence-corrected chi connectivity index (χ1v) is 11.0. The third-order valence-electron chi connectivity index (χ3n) is 6.47. The van der Waals surface area contributed by atoms with Crippen molar-refractivity contribution >= 4 is 18.0 Å². The first kappa shape index (κ1) is 21.9. The first-order chi connectivity index (χ1) is 15.4. The van der Waals surface area contributed by atoms with E-state index in [9.17, 15) is 14.4 Å². The van der Waals surface area contributed by atoms with Crippen molar-refractivity contribution in [3.63, 3.8) is 0 Å². The molecule has 32 heavy (non-hydrogen) atoms. The molecule has 0 aromatic heterocycles. The average molecular weight is 437 g/mol. The van der Waals surface area contributed by atoms with Crippen molar-refractivity contribution in [2.24, 2.45) is 5.92 Å². The van der Waals surface area contributed by atoms with Gasteiger partial charge in [-0.15, -0.1) is 0 Å². The van der Waals surface area contributed by atoms with Gasteiger partial charge in [-0.05, 0) is 47.4 Å². The number of ether oxygens (including phenoxy) is 1. The first-order valence-electron chi connectivity index (χ1n) is 11.0. The molecule has 7 heteroatoms. The Morgan fingerprint density at radius 2 is 1.66 bits per heavy atom. The second kappa shape index (κ2) is 9.42. The van der Waals surface area contributed by atoms with Crippen LogP contribution in [0.5, 0.6) is 0 Å². The number of carboxylic acids is 1. The smallest absolute Gasteiger partial charge is 0.407 e. The molecule has 2 aromatic rings. The van der Waals surface area contributed by atoms with Crippen molar-refractivity contribution in [1.82, 2.24) is 10.2 Å². The van der Waals surface area contributed by atoms with Crippen LogP contribution in [0.4, 0.5) is 4.79 Å². The molecule has 0 heterocycles. The van der Waals surface area contributed by atoms with Crippen molar-refractivity contribution in [3.8, 4) is 11.1 Å². The molecule has 0 radical (unpaired) electrons. The summed E-state index contributed by atoms with van der Waals surface area (Å²) >= 11 is 0. The van der Waals surface area contributed by atoms with E-state index in [0.717, 1.165) is 12.8 Å². The molecule has 1 fully saturated rings. The molecule has 0 unspecified atom stereocenters. The summed E-state index contributed by atoms with van der Waals surface area (Å²) in [5.74, 6) is -1.05. The summed E-state index contributed by atoms with van der Waals surface area (Å²) in [5, 5.41) is 11.8. The van der Waals surface area contributed by atoms with Gasteiger partial charge in [0.1, 0.15) is 13.2 Å². The van der Waals surface area contributed by atoms with Crippen molar-refractivity contribution < 1.29 is 24.2 Å². The number of amides is 2. The van der Waals surface area contributed by atoms with Crippen LogP contribution >= 0.6 is 0 Å². The maximum atomic E-state index is 12.5. The Morgan fingerprint density at radius 1 is 1.03 bits per heavy atom. The summed E-state index contributed by atoms with van der Waals surface area (Å²) in [6.45, 7) is -0.0263. The zero-order chi connectivity index (χ0) is 22.7. The third kappa shape index (κ3) is 4.77. The molecule has 0 saturated heterocycles. The van der Waals surface area contributed by atoms with Crippen LogP contribution in [-0.2, 0) is 14.3 Å². The van der Waals surface area contributed by atoms with Crippen LogP contribution < -0.4 is 5.32 Å². The Kier molecular flexibility index (Phi) is 6.44. The van der Waals surface area contributed by atoms with Gasteiger partial charge in [0.05, 0.1) is 0 Å². The van der Waals surface area contributed by atoms with E-state index >= 15 is 0 Å². The van der Waals surface area contributed by atoms with Gasteiger partial charge in [0.25, 0.3) is 0 Å². The molecule has 2 atom stereocenters.